The molecule has 3 N–H and O–H groups in total. The molecule has 32 heavy (non-hydrogen) atoms. The summed E-state index contributed by atoms with van der Waals surface area (Å²) >= 11 is 6.32. The molecule has 0 radical (unpaired) electrons. The second-order valence-corrected chi connectivity index (χ2v) is 8.13. The van der Waals surface area contributed by atoms with Crippen LogP contribution in [-0.2, 0) is 6.42 Å². The van der Waals surface area contributed by atoms with Crippen molar-refractivity contribution in [3.63, 3.8) is 0 Å². The van der Waals surface area contributed by atoms with Crippen LogP contribution in [0, 0.1) is 0 Å². The molecule has 1 saturated carbocycles. The molecule has 3 aromatic heterocycles. The minimum Gasteiger partial charge on any atom is -0.383 e. The molecule has 4 aromatic rings. The van der Waals surface area contributed by atoms with Crippen molar-refractivity contribution in [1.82, 2.24) is 29.7 Å². The Balaban J connectivity index is 1.60. The first-order chi connectivity index (χ1) is 15.5. The summed E-state index contributed by atoms with van der Waals surface area (Å²) in [5.74, 6) is 2.02. The largest absolute Gasteiger partial charge is 0.383 e. The fourth-order valence-electron chi connectivity index (χ4n) is 3.71. The zero-order chi connectivity index (χ0) is 22.4. The summed E-state index contributed by atoms with van der Waals surface area (Å²) in [5, 5.41) is 8.16. The molecule has 1 aliphatic rings. The SMILES string of the molecule is CCc1nc(-c2c(N)ncnc2NC(C)c2nc3cccc(Cl)c3c(=O)n2C2CC2)no1. The molecule has 0 spiro atoms. The van der Waals surface area contributed by atoms with Crippen molar-refractivity contribution in [2.45, 2.75) is 45.2 Å². The summed E-state index contributed by atoms with van der Waals surface area (Å²) < 4.78 is 6.97. The van der Waals surface area contributed by atoms with E-state index < -0.39 is 0 Å². The van der Waals surface area contributed by atoms with E-state index in [1.807, 2.05) is 13.8 Å². The number of benzene rings is 1. The Morgan fingerprint density at radius 1 is 1.31 bits per heavy atom. The quantitative estimate of drug-likeness (QED) is 0.449. The zero-order valence-electron chi connectivity index (χ0n) is 17.5. The number of aryl methyl sites for hydroxylation is 1. The number of hydrogen-bond acceptors (Lipinski definition) is 9. The number of nitrogens with one attached hydrogen (secondary N) is 1. The molecule has 1 atom stereocenters. The average Bonchev–Trinajstić information content (AvgIpc) is 3.50. The number of nitrogen functional groups attached to an aromatic ring is 1. The van der Waals surface area contributed by atoms with Crippen molar-refractivity contribution >= 4 is 34.1 Å². The molecule has 0 saturated heterocycles. The third kappa shape index (κ3) is 3.46. The Hall–Kier alpha value is -3.53. The summed E-state index contributed by atoms with van der Waals surface area (Å²) in [6.45, 7) is 3.82. The molecule has 3 heterocycles. The highest BCUT2D eigenvalue weighted by atomic mass is 35.5. The van der Waals surface area contributed by atoms with Gasteiger partial charge in [-0.3, -0.25) is 9.36 Å². The van der Waals surface area contributed by atoms with Crippen LogP contribution in [0.15, 0.2) is 33.8 Å². The van der Waals surface area contributed by atoms with E-state index in [0.29, 0.717) is 51.3 Å². The van der Waals surface area contributed by atoms with Crippen molar-refractivity contribution in [3.8, 4) is 11.4 Å². The number of fused-ring (bicyclic) bond motifs is 1. The highest BCUT2D eigenvalue weighted by Gasteiger charge is 2.31. The van der Waals surface area contributed by atoms with E-state index in [2.05, 4.69) is 25.4 Å². The van der Waals surface area contributed by atoms with Crippen LogP contribution in [-0.4, -0.2) is 29.7 Å². The first kappa shape index (κ1) is 20.4. The van der Waals surface area contributed by atoms with Gasteiger partial charge in [-0.2, -0.15) is 4.98 Å². The Kier molecular flexibility index (Phi) is 5.01. The van der Waals surface area contributed by atoms with Gasteiger partial charge in [0, 0.05) is 12.5 Å². The first-order valence-corrected chi connectivity index (χ1v) is 10.8. The molecule has 5 rings (SSSR count). The summed E-state index contributed by atoms with van der Waals surface area (Å²) in [6, 6.07) is 5.00. The fourth-order valence-corrected chi connectivity index (χ4v) is 3.96. The van der Waals surface area contributed by atoms with Crippen molar-refractivity contribution in [3.05, 3.63) is 51.6 Å². The van der Waals surface area contributed by atoms with Gasteiger partial charge in [0.2, 0.25) is 11.7 Å². The lowest BCUT2D eigenvalue weighted by Gasteiger charge is -2.21. The molecule has 1 aliphatic carbocycles. The van der Waals surface area contributed by atoms with E-state index in [1.54, 1.807) is 22.8 Å². The van der Waals surface area contributed by atoms with Gasteiger partial charge in [0.05, 0.1) is 22.0 Å². The Morgan fingerprint density at radius 3 is 2.84 bits per heavy atom. The fraction of sp³-hybridized carbons (Fsp3) is 0.333. The minimum atomic E-state index is -0.378. The summed E-state index contributed by atoms with van der Waals surface area (Å²) in [5.41, 5.74) is 6.97. The Morgan fingerprint density at radius 2 is 2.12 bits per heavy atom. The van der Waals surface area contributed by atoms with Crippen LogP contribution in [0.25, 0.3) is 22.3 Å². The molecule has 1 aromatic carbocycles. The van der Waals surface area contributed by atoms with Gasteiger partial charge >= 0.3 is 0 Å². The van der Waals surface area contributed by atoms with Gasteiger partial charge in [-0.25, -0.2) is 15.0 Å². The third-order valence-corrected chi connectivity index (χ3v) is 5.74. The minimum absolute atomic E-state index is 0.106. The van der Waals surface area contributed by atoms with E-state index in [1.165, 1.54) is 6.33 Å². The van der Waals surface area contributed by atoms with E-state index in [9.17, 15) is 4.79 Å². The summed E-state index contributed by atoms with van der Waals surface area (Å²) in [6.07, 6.45) is 3.80. The molecular weight excluding hydrogens is 432 g/mol. The highest BCUT2D eigenvalue weighted by molar-refractivity contribution is 6.35. The van der Waals surface area contributed by atoms with Crippen LogP contribution in [0.1, 0.15) is 50.5 Å². The van der Waals surface area contributed by atoms with Gasteiger partial charge in [-0.15, -0.1) is 0 Å². The van der Waals surface area contributed by atoms with Gasteiger partial charge < -0.3 is 15.6 Å². The van der Waals surface area contributed by atoms with Gasteiger partial charge in [0.25, 0.3) is 5.56 Å². The molecular formula is C21H21ClN8O2. The maximum Gasteiger partial charge on any atom is 0.263 e. The summed E-state index contributed by atoms with van der Waals surface area (Å²) in [4.78, 5) is 30.9. The number of halogens is 1. The lowest BCUT2D eigenvalue weighted by atomic mass is 10.2. The van der Waals surface area contributed by atoms with E-state index in [4.69, 9.17) is 26.8 Å². The number of rotatable bonds is 6. The normalized spacial score (nSPS) is 14.6. The van der Waals surface area contributed by atoms with Crippen LogP contribution >= 0.6 is 11.6 Å². The molecule has 1 fully saturated rings. The molecule has 1 unspecified atom stereocenters. The molecule has 164 valence electrons. The average molecular weight is 453 g/mol. The number of nitrogens with two attached hydrogens (primary N) is 1. The number of nitrogens with zero attached hydrogens (tertiary/aromatic N) is 6. The zero-order valence-corrected chi connectivity index (χ0v) is 18.3. The standard InChI is InChI=1S/C21H21ClN8O2/c1-3-14-28-19(29-32-14)16-17(23)24-9-25-18(16)26-10(2)20-27-13-6-4-5-12(22)15(13)21(31)30(20)11-7-8-11/h4-6,9-11H,3,7-8H2,1-2H3,(H3,23,24,25,26). The molecule has 0 bridgehead atoms. The second-order valence-electron chi connectivity index (χ2n) is 7.72. The van der Waals surface area contributed by atoms with Crippen LogP contribution < -0.4 is 16.6 Å². The highest BCUT2D eigenvalue weighted by Crippen LogP contribution is 2.37. The maximum atomic E-state index is 13.3. The van der Waals surface area contributed by atoms with Crippen molar-refractivity contribution in [1.29, 1.82) is 0 Å². The van der Waals surface area contributed by atoms with Crippen molar-refractivity contribution in [2.75, 3.05) is 11.1 Å². The lowest BCUT2D eigenvalue weighted by molar-refractivity contribution is 0.383. The van der Waals surface area contributed by atoms with Gasteiger partial charge in [0.1, 0.15) is 29.4 Å². The first-order valence-electron chi connectivity index (χ1n) is 10.4. The predicted molar refractivity (Wildman–Crippen MR) is 120 cm³/mol. The third-order valence-electron chi connectivity index (χ3n) is 5.43. The van der Waals surface area contributed by atoms with Gasteiger partial charge in [0.15, 0.2) is 0 Å². The number of anilines is 2. The molecule has 11 heteroatoms. The number of aromatic nitrogens is 6. The Bertz CT molecular complexity index is 1380. The van der Waals surface area contributed by atoms with Crippen LogP contribution in [0.3, 0.4) is 0 Å². The maximum absolute atomic E-state index is 13.3. The van der Waals surface area contributed by atoms with Gasteiger partial charge in [-0.05, 0) is 31.9 Å². The van der Waals surface area contributed by atoms with Crippen LogP contribution in [0.5, 0.6) is 0 Å². The van der Waals surface area contributed by atoms with E-state index in [0.717, 1.165) is 12.8 Å². The lowest BCUT2D eigenvalue weighted by Crippen LogP contribution is -2.28. The topological polar surface area (TPSA) is 138 Å². The van der Waals surface area contributed by atoms with Crippen molar-refractivity contribution < 1.29 is 4.52 Å². The monoisotopic (exact) mass is 452 g/mol. The van der Waals surface area contributed by atoms with E-state index in [-0.39, 0.29) is 23.5 Å². The smallest absolute Gasteiger partial charge is 0.263 e. The predicted octanol–water partition coefficient (Wildman–Crippen LogP) is 3.54. The Labute approximate surface area is 187 Å². The molecule has 0 amide bonds. The molecule has 0 aliphatic heterocycles. The van der Waals surface area contributed by atoms with Crippen molar-refractivity contribution in [2.24, 2.45) is 0 Å². The molecule has 10 nitrogen and oxygen atoms in total. The van der Waals surface area contributed by atoms with E-state index >= 15 is 0 Å². The van der Waals surface area contributed by atoms with Gasteiger partial charge in [-0.1, -0.05) is 29.7 Å². The second kappa shape index (κ2) is 7.86. The number of hydrogen-bond donors (Lipinski definition) is 2. The van der Waals surface area contributed by atoms with Crippen LogP contribution in [0.2, 0.25) is 5.02 Å². The summed E-state index contributed by atoms with van der Waals surface area (Å²) in [7, 11) is 0. The van der Waals surface area contributed by atoms with Crippen LogP contribution in [0.4, 0.5) is 11.6 Å².